The highest BCUT2D eigenvalue weighted by Crippen LogP contribution is 2.09. The van der Waals surface area contributed by atoms with Crippen molar-refractivity contribution in [3.63, 3.8) is 0 Å². The second-order valence-corrected chi connectivity index (χ2v) is 5.13. The van der Waals surface area contributed by atoms with E-state index < -0.39 is 5.91 Å². The van der Waals surface area contributed by atoms with Gasteiger partial charge in [-0.25, -0.2) is 0 Å². The van der Waals surface area contributed by atoms with Crippen LogP contribution >= 0.6 is 12.2 Å². The number of thiocarbonyl (C=S) groups is 1. The lowest BCUT2D eigenvalue weighted by Crippen LogP contribution is -2.34. The minimum Gasteiger partial charge on any atom is -0.366 e. The van der Waals surface area contributed by atoms with Crippen LogP contribution in [0.5, 0.6) is 0 Å². The lowest BCUT2D eigenvalue weighted by Gasteiger charge is -2.10. The van der Waals surface area contributed by atoms with Crippen LogP contribution < -0.4 is 16.4 Å². The van der Waals surface area contributed by atoms with Gasteiger partial charge in [-0.1, -0.05) is 17.7 Å². The number of aryl methyl sites for hydroxylation is 1. The number of hydrogen-bond donors (Lipinski definition) is 3. The van der Waals surface area contributed by atoms with Crippen molar-refractivity contribution < 1.29 is 9.59 Å². The fourth-order valence-electron chi connectivity index (χ4n) is 1.84. The summed E-state index contributed by atoms with van der Waals surface area (Å²) in [5, 5.41) is 5.65. The van der Waals surface area contributed by atoms with E-state index in [9.17, 15) is 9.59 Å². The fourth-order valence-corrected chi connectivity index (χ4v) is 2.05. The van der Waals surface area contributed by atoms with Crippen LogP contribution in [0.15, 0.2) is 48.5 Å². The summed E-state index contributed by atoms with van der Waals surface area (Å²) in [6.07, 6.45) is 0. The molecule has 0 spiro atoms. The summed E-state index contributed by atoms with van der Waals surface area (Å²) >= 11 is 5.09. The topological polar surface area (TPSA) is 84.2 Å². The number of nitrogens with two attached hydrogens (primary N) is 1. The quantitative estimate of drug-likeness (QED) is 0.759. The van der Waals surface area contributed by atoms with Crippen LogP contribution in [0, 0.1) is 6.92 Å². The number of nitrogens with one attached hydrogen (secondary N) is 2. The predicted octanol–water partition coefficient (Wildman–Crippen LogP) is 2.22. The van der Waals surface area contributed by atoms with Crippen molar-refractivity contribution in [3.8, 4) is 0 Å². The van der Waals surface area contributed by atoms with E-state index in [2.05, 4.69) is 10.6 Å². The van der Waals surface area contributed by atoms with E-state index in [4.69, 9.17) is 18.0 Å². The molecular formula is C16H15N3O2S. The molecule has 0 aliphatic rings. The molecule has 0 unspecified atom stereocenters. The summed E-state index contributed by atoms with van der Waals surface area (Å²) in [6, 6.07) is 13.7. The zero-order chi connectivity index (χ0) is 16.1. The first kappa shape index (κ1) is 15.7. The molecular weight excluding hydrogens is 298 g/mol. The number of primary amides is 1. The molecule has 0 aliphatic carbocycles. The number of benzene rings is 2. The van der Waals surface area contributed by atoms with E-state index in [1.54, 1.807) is 36.4 Å². The first-order valence-corrected chi connectivity index (χ1v) is 6.95. The molecule has 0 aromatic heterocycles. The average Bonchev–Trinajstić information content (AvgIpc) is 2.47. The Morgan fingerprint density at radius 2 is 1.73 bits per heavy atom. The number of carbonyl (C=O) groups excluding carboxylic acids is 2. The van der Waals surface area contributed by atoms with Gasteiger partial charge < -0.3 is 11.1 Å². The SMILES string of the molecule is Cc1cccc(C(=O)NC(=S)Nc2ccc(C(N)=O)cc2)c1. The molecule has 112 valence electrons. The molecule has 0 bridgehead atoms. The van der Waals surface area contributed by atoms with Gasteiger partial charge in [0.1, 0.15) is 0 Å². The Hall–Kier alpha value is -2.73. The molecule has 0 radical (unpaired) electrons. The summed E-state index contributed by atoms with van der Waals surface area (Å²) in [5.41, 5.74) is 7.75. The van der Waals surface area contributed by atoms with Crippen molar-refractivity contribution in [2.24, 2.45) is 5.73 Å². The largest absolute Gasteiger partial charge is 0.366 e. The molecule has 2 aromatic rings. The summed E-state index contributed by atoms with van der Waals surface area (Å²) in [4.78, 5) is 23.0. The third kappa shape index (κ3) is 4.13. The maximum atomic E-state index is 12.0. The number of hydrogen-bond acceptors (Lipinski definition) is 3. The van der Waals surface area contributed by atoms with Crippen molar-refractivity contribution >= 4 is 34.8 Å². The van der Waals surface area contributed by atoms with E-state index in [0.29, 0.717) is 16.8 Å². The van der Waals surface area contributed by atoms with Crippen LogP contribution in [0.4, 0.5) is 5.69 Å². The molecule has 4 N–H and O–H groups in total. The monoisotopic (exact) mass is 313 g/mol. The zero-order valence-electron chi connectivity index (χ0n) is 11.9. The highest BCUT2D eigenvalue weighted by atomic mass is 32.1. The predicted molar refractivity (Wildman–Crippen MR) is 89.8 cm³/mol. The van der Waals surface area contributed by atoms with Gasteiger partial charge >= 0.3 is 0 Å². The zero-order valence-corrected chi connectivity index (χ0v) is 12.7. The van der Waals surface area contributed by atoms with Crippen LogP contribution in [0.3, 0.4) is 0 Å². The van der Waals surface area contributed by atoms with Gasteiger partial charge in [-0.2, -0.15) is 0 Å². The molecule has 2 amide bonds. The lowest BCUT2D eigenvalue weighted by atomic mass is 10.1. The van der Waals surface area contributed by atoms with Crippen molar-refractivity contribution in [2.75, 3.05) is 5.32 Å². The Morgan fingerprint density at radius 1 is 1.05 bits per heavy atom. The van der Waals surface area contributed by atoms with Gasteiger partial charge in [-0.3, -0.25) is 14.9 Å². The summed E-state index contributed by atoms with van der Waals surface area (Å²) in [7, 11) is 0. The Balaban J connectivity index is 1.98. The van der Waals surface area contributed by atoms with Gasteiger partial charge in [0.2, 0.25) is 5.91 Å². The number of amides is 2. The maximum absolute atomic E-state index is 12.0. The molecule has 2 rings (SSSR count). The molecule has 0 atom stereocenters. The van der Waals surface area contributed by atoms with Crippen LogP contribution in [0.2, 0.25) is 0 Å². The van der Waals surface area contributed by atoms with Crippen molar-refractivity contribution in [3.05, 3.63) is 65.2 Å². The third-order valence-corrected chi connectivity index (χ3v) is 3.14. The van der Waals surface area contributed by atoms with Crippen molar-refractivity contribution in [2.45, 2.75) is 6.92 Å². The molecule has 22 heavy (non-hydrogen) atoms. The Bertz CT molecular complexity index is 726. The number of anilines is 1. The third-order valence-electron chi connectivity index (χ3n) is 2.93. The molecule has 6 heteroatoms. The minimum absolute atomic E-state index is 0.179. The normalized spacial score (nSPS) is 9.86. The Labute approximate surface area is 133 Å². The van der Waals surface area contributed by atoms with Crippen molar-refractivity contribution in [1.82, 2.24) is 5.32 Å². The molecule has 0 heterocycles. The van der Waals surface area contributed by atoms with Crippen LogP contribution in [-0.4, -0.2) is 16.9 Å². The van der Waals surface area contributed by atoms with E-state index in [0.717, 1.165) is 5.56 Å². The van der Waals surface area contributed by atoms with E-state index in [1.165, 1.54) is 0 Å². The summed E-state index contributed by atoms with van der Waals surface area (Å²) in [6.45, 7) is 1.91. The van der Waals surface area contributed by atoms with Gasteiger partial charge in [0, 0.05) is 16.8 Å². The Morgan fingerprint density at radius 3 is 2.32 bits per heavy atom. The summed E-state index contributed by atoms with van der Waals surface area (Å²) in [5.74, 6) is -0.781. The van der Waals surface area contributed by atoms with E-state index in [1.807, 2.05) is 19.1 Å². The van der Waals surface area contributed by atoms with Gasteiger partial charge in [0.05, 0.1) is 0 Å². The lowest BCUT2D eigenvalue weighted by molar-refractivity contribution is 0.0975. The van der Waals surface area contributed by atoms with E-state index in [-0.39, 0.29) is 11.0 Å². The van der Waals surface area contributed by atoms with Gasteiger partial charge in [-0.15, -0.1) is 0 Å². The number of carbonyl (C=O) groups is 2. The van der Waals surface area contributed by atoms with E-state index >= 15 is 0 Å². The highest BCUT2D eigenvalue weighted by Gasteiger charge is 2.08. The second-order valence-electron chi connectivity index (χ2n) is 4.72. The van der Waals surface area contributed by atoms with Crippen LogP contribution in [-0.2, 0) is 0 Å². The van der Waals surface area contributed by atoms with Crippen LogP contribution in [0.25, 0.3) is 0 Å². The molecule has 0 fully saturated rings. The minimum atomic E-state index is -0.498. The average molecular weight is 313 g/mol. The molecule has 2 aromatic carbocycles. The molecule has 5 nitrogen and oxygen atoms in total. The second kappa shape index (κ2) is 6.82. The molecule has 0 saturated heterocycles. The smallest absolute Gasteiger partial charge is 0.257 e. The van der Waals surface area contributed by atoms with Gasteiger partial charge in [0.25, 0.3) is 5.91 Å². The fraction of sp³-hybridized carbons (Fsp3) is 0.0625. The molecule has 0 saturated carbocycles. The molecule has 0 aliphatic heterocycles. The maximum Gasteiger partial charge on any atom is 0.257 e. The highest BCUT2D eigenvalue weighted by molar-refractivity contribution is 7.80. The summed E-state index contributed by atoms with van der Waals surface area (Å²) < 4.78 is 0. The standard InChI is InChI=1S/C16H15N3O2S/c1-10-3-2-4-12(9-10)15(21)19-16(22)18-13-7-5-11(6-8-13)14(17)20/h2-9H,1H3,(H2,17,20)(H2,18,19,21,22). The van der Waals surface area contributed by atoms with Gasteiger partial charge in [0.15, 0.2) is 5.11 Å². The van der Waals surface area contributed by atoms with Crippen molar-refractivity contribution in [1.29, 1.82) is 0 Å². The van der Waals surface area contributed by atoms with Gasteiger partial charge in [-0.05, 0) is 55.5 Å². The van der Waals surface area contributed by atoms with Crippen LogP contribution in [0.1, 0.15) is 26.3 Å². The first-order chi connectivity index (χ1) is 10.5. The number of rotatable bonds is 3. The first-order valence-electron chi connectivity index (χ1n) is 6.54. The Kier molecular flexibility index (Phi) is 4.85.